The van der Waals surface area contributed by atoms with Gasteiger partial charge < -0.3 is 19.5 Å². The minimum Gasteiger partial charge on any atom is -0.377 e. The van der Waals surface area contributed by atoms with Crippen molar-refractivity contribution in [2.24, 2.45) is 5.92 Å². The van der Waals surface area contributed by atoms with Gasteiger partial charge in [-0.1, -0.05) is 13.8 Å². The predicted octanol–water partition coefficient (Wildman–Crippen LogP) is 0.221. The fourth-order valence-corrected chi connectivity index (χ4v) is 2.40. The number of carbonyl (C=O) groups is 1. The van der Waals surface area contributed by atoms with Gasteiger partial charge in [0, 0.05) is 32.8 Å². The lowest BCUT2D eigenvalue weighted by Gasteiger charge is -2.35. The second kappa shape index (κ2) is 6.71. The van der Waals surface area contributed by atoms with Crippen molar-refractivity contribution in [1.82, 2.24) is 14.9 Å². The van der Waals surface area contributed by atoms with Gasteiger partial charge >= 0.3 is 0 Å². The number of ether oxygens (including phenoxy) is 1. The van der Waals surface area contributed by atoms with Crippen LogP contribution in [0.1, 0.15) is 19.7 Å². The van der Waals surface area contributed by atoms with Crippen molar-refractivity contribution in [2.75, 3.05) is 38.2 Å². The molecule has 7 nitrogen and oxygen atoms in total. The number of hydrogen-bond acceptors (Lipinski definition) is 5. The largest absolute Gasteiger partial charge is 0.377 e. The molecule has 1 N–H and O–H groups in total. The second-order valence-corrected chi connectivity index (χ2v) is 5.64. The zero-order chi connectivity index (χ0) is 15.4. The van der Waals surface area contributed by atoms with Gasteiger partial charge in [0.05, 0.1) is 6.54 Å². The molecule has 1 saturated heterocycles. The summed E-state index contributed by atoms with van der Waals surface area (Å²) in [6.07, 6.45) is 0. The molecule has 0 radical (unpaired) electrons. The number of aromatic amines is 1. The van der Waals surface area contributed by atoms with Crippen LogP contribution >= 0.6 is 0 Å². The van der Waals surface area contributed by atoms with Crippen molar-refractivity contribution in [3.8, 4) is 0 Å². The number of piperazine rings is 1. The first-order chi connectivity index (χ1) is 9.99. The molecule has 1 aliphatic heterocycles. The highest BCUT2D eigenvalue weighted by Crippen LogP contribution is 2.13. The summed E-state index contributed by atoms with van der Waals surface area (Å²) in [6.45, 7) is 6.79. The van der Waals surface area contributed by atoms with Gasteiger partial charge in [-0.15, -0.1) is 0 Å². The lowest BCUT2D eigenvalue weighted by molar-refractivity contribution is -0.131. The van der Waals surface area contributed by atoms with Gasteiger partial charge in [0.15, 0.2) is 0 Å². The molecular formula is C14H22N4O3. The van der Waals surface area contributed by atoms with Gasteiger partial charge in [-0.3, -0.25) is 9.59 Å². The van der Waals surface area contributed by atoms with Gasteiger partial charge in [0.1, 0.15) is 18.2 Å². The van der Waals surface area contributed by atoms with E-state index in [4.69, 9.17) is 4.74 Å². The summed E-state index contributed by atoms with van der Waals surface area (Å²) in [5, 5.41) is 0. The first kappa shape index (κ1) is 15.5. The number of anilines is 1. The molecule has 116 valence electrons. The maximum absolute atomic E-state index is 12.2. The normalized spacial score (nSPS) is 15.9. The second-order valence-electron chi connectivity index (χ2n) is 5.64. The van der Waals surface area contributed by atoms with Crippen LogP contribution < -0.4 is 10.5 Å². The SMILES string of the molecule is COCc1nc(N2CCN(CC(C)C)C(=O)C2)cc(=O)[nH]1. The number of nitrogens with zero attached hydrogens (tertiary/aromatic N) is 3. The molecule has 0 saturated carbocycles. The van der Waals surface area contributed by atoms with Crippen LogP contribution in [0, 0.1) is 5.92 Å². The molecule has 21 heavy (non-hydrogen) atoms. The first-order valence-corrected chi connectivity index (χ1v) is 7.11. The molecule has 0 aliphatic carbocycles. The number of amides is 1. The summed E-state index contributed by atoms with van der Waals surface area (Å²) in [7, 11) is 1.54. The fourth-order valence-electron chi connectivity index (χ4n) is 2.40. The Morgan fingerprint density at radius 1 is 1.38 bits per heavy atom. The average Bonchev–Trinajstić information content (AvgIpc) is 2.40. The lowest BCUT2D eigenvalue weighted by Crippen LogP contribution is -2.51. The van der Waals surface area contributed by atoms with Crippen molar-refractivity contribution < 1.29 is 9.53 Å². The van der Waals surface area contributed by atoms with Crippen LogP contribution in [0.3, 0.4) is 0 Å². The van der Waals surface area contributed by atoms with Crippen LogP contribution in [0.15, 0.2) is 10.9 Å². The molecule has 1 amide bonds. The summed E-state index contributed by atoms with van der Waals surface area (Å²) < 4.78 is 4.98. The van der Waals surface area contributed by atoms with Crippen LogP contribution in [0.5, 0.6) is 0 Å². The highest BCUT2D eigenvalue weighted by atomic mass is 16.5. The summed E-state index contributed by atoms with van der Waals surface area (Å²) in [4.78, 5) is 34.5. The quantitative estimate of drug-likeness (QED) is 0.840. The van der Waals surface area contributed by atoms with Gasteiger partial charge in [0.25, 0.3) is 5.56 Å². The fraction of sp³-hybridized carbons (Fsp3) is 0.643. The van der Waals surface area contributed by atoms with Crippen LogP contribution in [0.4, 0.5) is 5.82 Å². The van der Waals surface area contributed by atoms with E-state index in [1.165, 1.54) is 6.07 Å². The van der Waals surface area contributed by atoms with Crippen molar-refractivity contribution in [3.63, 3.8) is 0 Å². The topological polar surface area (TPSA) is 78.5 Å². The highest BCUT2D eigenvalue weighted by molar-refractivity contribution is 5.82. The molecule has 1 aromatic rings. The Balaban J connectivity index is 2.10. The van der Waals surface area contributed by atoms with E-state index in [-0.39, 0.29) is 24.6 Å². The van der Waals surface area contributed by atoms with Crippen LogP contribution in [0.25, 0.3) is 0 Å². The van der Waals surface area contributed by atoms with Crippen LogP contribution in [-0.4, -0.2) is 54.1 Å². The monoisotopic (exact) mass is 294 g/mol. The number of carbonyl (C=O) groups excluding carboxylic acids is 1. The van der Waals surface area contributed by atoms with Crippen LogP contribution in [0.2, 0.25) is 0 Å². The summed E-state index contributed by atoms with van der Waals surface area (Å²) in [6, 6.07) is 1.42. The van der Waals surface area contributed by atoms with Gasteiger partial charge in [0.2, 0.25) is 5.91 Å². The molecule has 0 unspecified atom stereocenters. The summed E-state index contributed by atoms with van der Waals surface area (Å²) >= 11 is 0. The highest BCUT2D eigenvalue weighted by Gasteiger charge is 2.25. The minimum absolute atomic E-state index is 0.0744. The molecule has 7 heteroatoms. The maximum atomic E-state index is 12.2. The van der Waals surface area contributed by atoms with E-state index in [2.05, 4.69) is 23.8 Å². The van der Waals surface area contributed by atoms with E-state index in [9.17, 15) is 9.59 Å². The molecule has 1 aliphatic rings. The van der Waals surface area contributed by atoms with Crippen molar-refractivity contribution in [2.45, 2.75) is 20.5 Å². The number of methoxy groups -OCH3 is 1. The molecule has 0 bridgehead atoms. The third-order valence-electron chi connectivity index (χ3n) is 3.29. The van der Waals surface area contributed by atoms with E-state index in [0.29, 0.717) is 30.6 Å². The number of rotatable bonds is 5. The zero-order valence-corrected chi connectivity index (χ0v) is 12.8. The smallest absolute Gasteiger partial charge is 0.253 e. The summed E-state index contributed by atoms with van der Waals surface area (Å²) in [5.41, 5.74) is -0.232. The van der Waals surface area contributed by atoms with Gasteiger partial charge in [-0.2, -0.15) is 0 Å². The molecule has 1 fully saturated rings. The van der Waals surface area contributed by atoms with E-state index in [0.717, 1.165) is 6.54 Å². The van der Waals surface area contributed by atoms with E-state index in [1.54, 1.807) is 7.11 Å². The summed E-state index contributed by atoms with van der Waals surface area (Å²) in [5.74, 6) is 1.53. The van der Waals surface area contributed by atoms with E-state index in [1.807, 2.05) is 9.80 Å². The van der Waals surface area contributed by atoms with Gasteiger partial charge in [-0.05, 0) is 5.92 Å². The first-order valence-electron chi connectivity index (χ1n) is 7.11. The Morgan fingerprint density at radius 2 is 2.14 bits per heavy atom. The average molecular weight is 294 g/mol. The van der Waals surface area contributed by atoms with Crippen LogP contribution in [-0.2, 0) is 16.1 Å². The third-order valence-corrected chi connectivity index (χ3v) is 3.29. The number of aromatic nitrogens is 2. The lowest BCUT2D eigenvalue weighted by atomic mass is 10.2. The Hall–Kier alpha value is -1.89. The minimum atomic E-state index is -0.232. The van der Waals surface area contributed by atoms with E-state index >= 15 is 0 Å². The molecule has 0 aromatic carbocycles. The Labute approximate surface area is 123 Å². The number of nitrogens with one attached hydrogen (secondary N) is 1. The molecule has 0 atom stereocenters. The maximum Gasteiger partial charge on any atom is 0.253 e. The standard InChI is InChI=1S/C14H22N4O3/c1-10(2)7-18-5-4-17(8-14(18)20)12-6-13(19)16-11(15-12)9-21-3/h6,10H,4-5,7-9H2,1-3H3,(H,15,16,19). The number of hydrogen-bond donors (Lipinski definition) is 1. The van der Waals surface area contributed by atoms with Gasteiger partial charge in [-0.25, -0.2) is 4.98 Å². The zero-order valence-electron chi connectivity index (χ0n) is 12.8. The molecule has 1 aromatic heterocycles. The van der Waals surface area contributed by atoms with Crippen molar-refractivity contribution in [3.05, 3.63) is 22.2 Å². The molecule has 2 rings (SSSR count). The molecular weight excluding hydrogens is 272 g/mol. The Morgan fingerprint density at radius 3 is 2.76 bits per heavy atom. The Bertz CT molecular complexity index is 555. The van der Waals surface area contributed by atoms with Crippen molar-refractivity contribution in [1.29, 1.82) is 0 Å². The van der Waals surface area contributed by atoms with E-state index < -0.39 is 0 Å². The Kier molecular flexibility index (Phi) is 4.95. The molecule has 0 spiro atoms. The predicted molar refractivity (Wildman–Crippen MR) is 79.2 cm³/mol. The number of H-pyrrole nitrogens is 1. The molecule has 2 heterocycles. The van der Waals surface area contributed by atoms with Crippen molar-refractivity contribution >= 4 is 11.7 Å². The third kappa shape index (κ3) is 4.04.